The summed E-state index contributed by atoms with van der Waals surface area (Å²) in [5.74, 6) is 0.834. The van der Waals surface area contributed by atoms with E-state index in [0.29, 0.717) is 0 Å². The van der Waals surface area contributed by atoms with Crippen molar-refractivity contribution in [3.05, 3.63) is 151 Å². The maximum Gasteiger partial charge on any atom is 0.201 e. The quantitative estimate of drug-likeness (QED) is 0.216. The van der Waals surface area contributed by atoms with Crippen molar-refractivity contribution in [2.24, 2.45) is 0 Å². The minimum atomic E-state index is 0.774. The molecule has 0 saturated carbocycles. The Morgan fingerprint density at radius 3 is 2.07 bits per heavy atom. The summed E-state index contributed by atoms with van der Waals surface area (Å²) >= 11 is 0. The zero-order valence-electron chi connectivity index (χ0n) is 24.0. The van der Waals surface area contributed by atoms with Crippen LogP contribution in [0.2, 0.25) is 0 Å². The first kappa shape index (κ1) is 24.8. The molecule has 3 heteroatoms. The lowest BCUT2D eigenvalue weighted by Crippen LogP contribution is -2.10. The molecule has 0 fully saturated rings. The fourth-order valence-corrected chi connectivity index (χ4v) is 6.77. The largest absolute Gasteiger partial charge is 0.440 e. The number of furan rings is 1. The van der Waals surface area contributed by atoms with E-state index in [-0.39, 0.29) is 0 Å². The second kappa shape index (κ2) is 9.89. The van der Waals surface area contributed by atoms with Crippen molar-refractivity contribution in [1.82, 2.24) is 0 Å². The van der Waals surface area contributed by atoms with Gasteiger partial charge in [0.2, 0.25) is 5.88 Å². The van der Waals surface area contributed by atoms with Gasteiger partial charge in [0.1, 0.15) is 5.58 Å². The van der Waals surface area contributed by atoms with E-state index in [1.54, 1.807) is 0 Å². The normalized spacial score (nSPS) is 12.5. The molecule has 3 nitrogen and oxygen atoms in total. The second-order valence-electron chi connectivity index (χ2n) is 11.4. The molecular formula is C41H28N2O. The van der Waals surface area contributed by atoms with Gasteiger partial charge in [-0.05, 0) is 68.4 Å². The van der Waals surface area contributed by atoms with Gasteiger partial charge in [0.05, 0.1) is 5.69 Å². The van der Waals surface area contributed by atoms with Gasteiger partial charge < -0.3 is 14.6 Å². The van der Waals surface area contributed by atoms with Crippen LogP contribution < -0.4 is 10.2 Å². The van der Waals surface area contributed by atoms with Crippen molar-refractivity contribution >= 4 is 72.3 Å². The number of nitrogens with one attached hydrogen (secondary N) is 1. The summed E-state index contributed by atoms with van der Waals surface area (Å²) < 4.78 is 6.36. The first-order valence-corrected chi connectivity index (χ1v) is 15.1. The summed E-state index contributed by atoms with van der Waals surface area (Å²) in [5.41, 5.74) is 7.64. The highest BCUT2D eigenvalue weighted by molar-refractivity contribution is 6.24. The number of anilines is 4. The van der Waals surface area contributed by atoms with Crippen LogP contribution in [0.4, 0.5) is 22.9 Å². The van der Waals surface area contributed by atoms with Crippen LogP contribution in [0.1, 0.15) is 5.56 Å². The molecule has 1 aromatic heterocycles. The highest BCUT2D eigenvalue weighted by atomic mass is 16.3. The zero-order chi connectivity index (χ0) is 29.0. The molecule has 1 aliphatic rings. The van der Waals surface area contributed by atoms with E-state index in [0.717, 1.165) is 46.0 Å². The summed E-state index contributed by atoms with van der Waals surface area (Å²) in [6.07, 6.45) is 4.29. The molecule has 0 saturated heterocycles. The molecule has 9 rings (SSSR count). The van der Waals surface area contributed by atoms with Crippen LogP contribution >= 0.6 is 0 Å². The SMILES string of the molecule is C1=Cc2c(oc3cc(N(c4ccc(-c5ccccc5)cc4)c4cc5ccccc5c5c4ccc4ccccc45)ccc23)NC1. The molecular weight excluding hydrogens is 536 g/mol. The van der Waals surface area contributed by atoms with E-state index >= 15 is 0 Å². The lowest BCUT2D eigenvalue weighted by Gasteiger charge is -2.28. The minimum absolute atomic E-state index is 0.774. The third kappa shape index (κ3) is 3.90. The molecule has 8 aromatic rings. The number of benzene rings is 7. The van der Waals surface area contributed by atoms with Crippen molar-refractivity contribution < 1.29 is 4.42 Å². The van der Waals surface area contributed by atoms with Crippen molar-refractivity contribution in [3.8, 4) is 11.1 Å². The molecule has 0 radical (unpaired) electrons. The van der Waals surface area contributed by atoms with E-state index in [2.05, 4.69) is 162 Å². The molecule has 1 aliphatic heterocycles. The van der Waals surface area contributed by atoms with Crippen LogP contribution in [0.25, 0.3) is 60.5 Å². The summed E-state index contributed by atoms with van der Waals surface area (Å²) in [4.78, 5) is 2.38. The highest BCUT2D eigenvalue weighted by Gasteiger charge is 2.21. The number of hydrogen-bond acceptors (Lipinski definition) is 3. The minimum Gasteiger partial charge on any atom is -0.440 e. The molecule has 0 aliphatic carbocycles. The average molecular weight is 565 g/mol. The molecule has 2 heterocycles. The van der Waals surface area contributed by atoms with Crippen molar-refractivity contribution in [2.45, 2.75) is 0 Å². The number of nitrogens with zero attached hydrogens (tertiary/aromatic N) is 1. The van der Waals surface area contributed by atoms with Crippen LogP contribution in [0, 0.1) is 0 Å². The van der Waals surface area contributed by atoms with E-state index in [1.807, 2.05) is 0 Å². The highest BCUT2D eigenvalue weighted by Crippen LogP contribution is 2.45. The summed E-state index contributed by atoms with van der Waals surface area (Å²) in [5, 5.41) is 11.9. The van der Waals surface area contributed by atoms with Crippen molar-refractivity contribution in [2.75, 3.05) is 16.8 Å². The van der Waals surface area contributed by atoms with Gasteiger partial charge in [0.25, 0.3) is 0 Å². The lowest BCUT2D eigenvalue weighted by molar-refractivity contribution is 0.628. The van der Waals surface area contributed by atoms with Crippen LogP contribution in [-0.2, 0) is 0 Å². The molecule has 0 atom stereocenters. The topological polar surface area (TPSA) is 28.4 Å². The predicted octanol–water partition coefficient (Wildman–Crippen LogP) is 11.5. The molecule has 7 aromatic carbocycles. The van der Waals surface area contributed by atoms with Gasteiger partial charge in [-0.15, -0.1) is 0 Å². The molecule has 0 spiro atoms. The standard InChI is InChI=1S/C41H28N2O/c1-2-9-27(10-3-1)28-16-19-31(20-17-28)43(32-21-23-35-36-15-8-24-42-41(36)44-39(35)26-32)38-25-30-12-5-7-14-34(30)40-33-13-6-4-11-29(33)18-22-37(38)40/h1-23,25-26,42H,24H2. The van der Waals surface area contributed by atoms with E-state index in [9.17, 15) is 0 Å². The van der Waals surface area contributed by atoms with Crippen molar-refractivity contribution in [3.63, 3.8) is 0 Å². The molecule has 1 N–H and O–H groups in total. The fourth-order valence-electron chi connectivity index (χ4n) is 6.77. The Morgan fingerprint density at radius 1 is 0.545 bits per heavy atom. The third-order valence-electron chi connectivity index (χ3n) is 8.84. The Morgan fingerprint density at radius 2 is 1.23 bits per heavy atom. The maximum atomic E-state index is 6.36. The maximum absolute atomic E-state index is 6.36. The lowest BCUT2D eigenvalue weighted by atomic mass is 9.94. The zero-order valence-corrected chi connectivity index (χ0v) is 24.0. The van der Waals surface area contributed by atoms with Gasteiger partial charge in [-0.25, -0.2) is 0 Å². The number of fused-ring (bicyclic) bond motifs is 8. The Balaban J connectivity index is 1.32. The van der Waals surface area contributed by atoms with E-state index in [4.69, 9.17) is 4.42 Å². The number of hydrogen-bond donors (Lipinski definition) is 1. The number of rotatable bonds is 4. The Bertz CT molecular complexity index is 2370. The molecule has 208 valence electrons. The van der Waals surface area contributed by atoms with E-state index in [1.165, 1.54) is 43.4 Å². The van der Waals surface area contributed by atoms with Crippen LogP contribution in [0.15, 0.2) is 150 Å². The third-order valence-corrected chi connectivity index (χ3v) is 8.84. The molecule has 0 amide bonds. The van der Waals surface area contributed by atoms with Gasteiger partial charge in [-0.2, -0.15) is 0 Å². The molecule has 0 unspecified atom stereocenters. The van der Waals surface area contributed by atoms with Crippen molar-refractivity contribution in [1.29, 1.82) is 0 Å². The van der Waals surface area contributed by atoms with Gasteiger partial charge in [-0.3, -0.25) is 0 Å². The Labute approximate surface area is 255 Å². The van der Waals surface area contributed by atoms with Gasteiger partial charge in [0, 0.05) is 40.3 Å². The second-order valence-corrected chi connectivity index (χ2v) is 11.4. The van der Waals surface area contributed by atoms with Gasteiger partial charge in [0.15, 0.2) is 0 Å². The fraction of sp³-hybridized carbons (Fsp3) is 0.0244. The first-order valence-electron chi connectivity index (χ1n) is 15.1. The molecule has 44 heavy (non-hydrogen) atoms. The van der Waals surface area contributed by atoms with E-state index < -0.39 is 0 Å². The Kier molecular flexibility index (Phi) is 5.57. The molecule has 0 bridgehead atoms. The van der Waals surface area contributed by atoms with Crippen LogP contribution in [0.3, 0.4) is 0 Å². The Hall–Kier alpha value is -5.80. The first-order chi connectivity index (χ1) is 21.8. The summed E-state index contributed by atoms with van der Waals surface area (Å²) in [6, 6.07) is 50.3. The van der Waals surface area contributed by atoms with Crippen LogP contribution in [0.5, 0.6) is 0 Å². The predicted molar refractivity (Wildman–Crippen MR) is 186 cm³/mol. The van der Waals surface area contributed by atoms with Gasteiger partial charge in [-0.1, -0.05) is 115 Å². The van der Waals surface area contributed by atoms with Gasteiger partial charge >= 0.3 is 0 Å². The smallest absolute Gasteiger partial charge is 0.201 e. The monoisotopic (exact) mass is 564 g/mol. The summed E-state index contributed by atoms with van der Waals surface area (Å²) in [7, 11) is 0. The summed E-state index contributed by atoms with van der Waals surface area (Å²) in [6.45, 7) is 0.774. The van der Waals surface area contributed by atoms with Crippen LogP contribution in [-0.4, -0.2) is 6.54 Å². The average Bonchev–Trinajstić information content (AvgIpc) is 3.47.